The number of nitrogens with zero attached hydrogens (tertiary/aromatic N) is 3. The van der Waals surface area contributed by atoms with Crippen LogP contribution in [0, 0.1) is 12.7 Å². The quantitative estimate of drug-likeness (QED) is 0.279. The maximum Gasteiger partial charge on any atom is 0.266 e. The van der Waals surface area contributed by atoms with E-state index in [-0.39, 0.29) is 17.8 Å². The summed E-state index contributed by atoms with van der Waals surface area (Å²) in [4.78, 5) is 34.9. The number of halogens is 1. The summed E-state index contributed by atoms with van der Waals surface area (Å²) in [5, 5.41) is 0. The number of ketones is 1. The molecule has 0 saturated heterocycles. The summed E-state index contributed by atoms with van der Waals surface area (Å²) in [5.74, 6) is 1.00. The Balaban J connectivity index is 1.35. The zero-order valence-corrected chi connectivity index (χ0v) is 20.1. The highest BCUT2D eigenvalue weighted by Gasteiger charge is 2.17. The Kier molecular flexibility index (Phi) is 6.47. The molecule has 5 aromatic rings. The molecule has 0 atom stereocenters. The lowest BCUT2D eigenvalue weighted by molar-refractivity contribution is 0.0990. The van der Waals surface area contributed by atoms with Gasteiger partial charge in [-0.1, -0.05) is 12.1 Å². The van der Waals surface area contributed by atoms with Crippen molar-refractivity contribution in [1.29, 1.82) is 0 Å². The van der Waals surface area contributed by atoms with Gasteiger partial charge in [-0.15, -0.1) is 0 Å². The van der Waals surface area contributed by atoms with Gasteiger partial charge in [0.25, 0.3) is 5.56 Å². The summed E-state index contributed by atoms with van der Waals surface area (Å²) in [5.41, 5.74) is 2.71. The second-order valence-electron chi connectivity index (χ2n) is 8.42. The molecular weight excluding hydrogens is 473 g/mol. The summed E-state index contributed by atoms with van der Waals surface area (Å²) >= 11 is 0. The molecule has 0 saturated carbocycles. The first kappa shape index (κ1) is 23.9. The zero-order valence-electron chi connectivity index (χ0n) is 20.1. The standard InChI is InChI=1S/C29H22FN3O4/c1-18-12-14-33(21-7-5-20(30)6-8-21)29(35)27(18)25(34)15-19-3-9-22(10-4-19)37-26-11-13-31-24-16-23(36-2)17-32-28(24)26/h3-14,16-17H,15H2,1-2H3. The van der Waals surface area contributed by atoms with Crippen molar-refractivity contribution in [1.82, 2.24) is 14.5 Å². The van der Waals surface area contributed by atoms with Gasteiger partial charge in [0.05, 0.1) is 24.4 Å². The van der Waals surface area contributed by atoms with Crippen LogP contribution < -0.4 is 15.0 Å². The van der Waals surface area contributed by atoms with Gasteiger partial charge in [-0.3, -0.25) is 19.1 Å². The molecule has 0 amide bonds. The highest BCUT2D eigenvalue weighted by Crippen LogP contribution is 2.29. The summed E-state index contributed by atoms with van der Waals surface area (Å²) in [6.45, 7) is 1.73. The van der Waals surface area contributed by atoms with Gasteiger partial charge in [0, 0.05) is 36.6 Å². The number of fused-ring (bicyclic) bond motifs is 1. The number of aromatic nitrogens is 3. The van der Waals surface area contributed by atoms with Gasteiger partial charge in [0.15, 0.2) is 11.5 Å². The van der Waals surface area contributed by atoms with Crippen LogP contribution in [0.4, 0.5) is 4.39 Å². The van der Waals surface area contributed by atoms with Crippen molar-refractivity contribution in [3.63, 3.8) is 0 Å². The van der Waals surface area contributed by atoms with Gasteiger partial charge in [0.2, 0.25) is 0 Å². The van der Waals surface area contributed by atoms with E-state index >= 15 is 0 Å². The SMILES string of the molecule is COc1cnc2c(Oc3ccc(CC(=O)c4c(C)ccn(-c5ccc(F)cc5)c4=O)cc3)ccnc2c1. The monoisotopic (exact) mass is 495 g/mol. The fraction of sp³-hybridized carbons (Fsp3) is 0.103. The van der Waals surface area contributed by atoms with Crippen LogP contribution in [0.2, 0.25) is 0 Å². The average Bonchev–Trinajstić information content (AvgIpc) is 2.90. The lowest BCUT2D eigenvalue weighted by Crippen LogP contribution is -2.27. The minimum absolute atomic E-state index is 0.0450. The zero-order chi connectivity index (χ0) is 25.9. The molecule has 0 aliphatic rings. The van der Waals surface area contributed by atoms with Gasteiger partial charge in [0.1, 0.15) is 22.8 Å². The van der Waals surface area contributed by atoms with Crippen LogP contribution in [0.1, 0.15) is 21.5 Å². The van der Waals surface area contributed by atoms with E-state index in [1.807, 2.05) is 0 Å². The predicted molar refractivity (Wildman–Crippen MR) is 137 cm³/mol. The van der Waals surface area contributed by atoms with Crippen molar-refractivity contribution < 1.29 is 18.7 Å². The highest BCUT2D eigenvalue weighted by molar-refractivity contribution is 5.98. The number of methoxy groups -OCH3 is 1. The van der Waals surface area contributed by atoms with Gasteiger partial charge in [-0.05, 0) is 60.5 Å². The Bertz CT molecular complexity index is 1660. The molecule has 0 spiro atoms. The maximum atomic E-state index is 13.3. The first-order valence-electron chi connectivity index (χ1n) is 11.5. The molecule has 8 heteroatoms. The van der Waals surface area contributed by atoms with Crippen LogP contribution in [-0.4, -0.2) is 27.4 Å². The number of carbonyl (C=O) groups is 1. The van der Waals surface area contributed by atoms with Crippen molar-refractivity contribution in [2.45, 2.75) is 13.3 Å². The second-order valence-corrected chi connectivity index (χ2v) is 8.42. The van der Waals surface area contributed by atoms with Crippen molar-refractivity contribution in [3.8, 4) is 22.9 Å². The van der Waals surface area contributed by atoms with Gasteiger partial charge >= 0.3 is 0 Å². The van der Waals surface area contributed by atoms with E-state index in [0.717, 1.165) is 5.56 Å². The molecule has 3 aromatic heterocycles. The maximum absolute atomic E-state index is 13.3. The van der Waals surface area contributed by atoms with Crippen LogP contribution in [0.25, 0.3) is 16.7 Å². The molecule has 37 heavy (non-hydrogen) atoms. The van der Waals surface area contributed by atoms with E-state index < -0.39 is 11.4 Å². The molecule has 0 aliphatic heterocycles. The Morgan fingerprint density at radius 3 is 2.46 bits per heavy atom. The number of rotatable bonds is 7. The summed E-state index contributed by atoms with van der Waals surface area (Å²) in [6, 6.07) is 17.8. The van der Waals surface area contributed by atoms with Crippen molar-refractivity contribution in [3.05, 3.63) is 118 Å². The average molecular weight is 496 g/mol. The number of benzene rings is 2. The predicted octanol–water partition coefficient (Wildman–Crippen LogP) is 5.45. The van der Waals surface area contributed by atoms with E-state index in [1.165, 1.54) is 28.8 Å². The van der Waals surface area contributed by atoms with E-state index in [4.69, 9.17) is 9.47 Å². The minimum atomic E-state index is -0.440. The molecule has 5 rings (SSSR count). The highest BCUT2D eigenvalue weighted by atomic mass is 19.1. The van der Waals surface area contributed by atoms with Crippen LogP contribution in [0.5, 0.6) is 17.2 Å². The molecular formula is C29H22FN3O4. The third-order valence-electron chi connectivity index (χ3n) is 5.95. The molecule has 0 N–H and O–H groups in total. The topological polar surface area (TPSA) is 83.3 Å². The Labute approximate surface area is 211 Å². The fourth-order valence-electron chi connectivity index (χ4n) is 4.03. The van der Waals surface area contributed by atoms with Crippen molar-refractivity contribution >= 4 is 16.8 Å². The van der Waals surface area contributed by atoms with Gasteiger partial charge < -0.3 is 9.47 Å². The number of hydrogen-bond donors (Lipinski definition) is 0. The number of aryl methyl sites for hydroxylation is 1. The molecule has 0 radical (unpaired) electrons. The number of carbonyl (C=O) groups excluding carboxylic acids is 1. The van der Waals surface area contributed by atoms with Crippen LogP contribution in [0.3, 0.4) is 0 Å². The Hall–Kier alpha value is -4.85. The molecule has 0 fully saturated rings. The van der Waals surface area contributed by atoms with Gasteiger partial charge in [-0.25, -0.2) is 9.37 Å². The van der Waals surface area contributed by atoms with Crippen LogP contribution in [-0.2, 0) is 6.42 Å². The molecule has 0 unspecified atom stereocenters. The number of pyridine rings is 3. The molecule has 7 nitrogen and oxygen atoms in total. The van der Waals surface area contributed by atoms with Crippen molar-refractivity contribution in [2.75, 3.05) is 7.11 Å². The van der Waals surface area contributed by atoms with Crippen molar-refractivity contribution in [2.24, 2.45) is 0 Å². The van der Waals surface area contributed by atoms with E-state index in [0.29, 0.717) is 39.5 Å². The van der Waals surface area contributed by atoms with Gasteiger partial charge in [-0.2, -0.15) is 0 Å². The van der Waals surface area contributed by atoms with Crippen LogP contribution >= 0.6 is 0 Å². The van der Waals surface area contributed by atoms with E-state index in [1.54, 1.807) is 75.1 Å². The molecule has 2 aromatic carbocycles. The molecule has 3 heterocycles. The lowest BCUT2D eigenvalue weighted by atomic mass is 10.0. The van der Waals surface area contributed by atoms with E-state index in [9.17, 15) is 14.0 Å². The Morgan fingerprint density at radius 1 is 0.973 bits per heavy atom. The van der Waals surface area contributed by atoms with E-state index in [2.05, 4.69) is 9.97 Å². The number of Topliss-reactive ketones (excluding diaryl/α,β-unsaturated/α-hetero) is 1. The first-order chi connectivity index (χ1) is 17.9. The summed E-state index contributed by atoms with van der Waals surface area (Å²) in [6.07, 6.45) is 4.86. The Morgan fingerprint density at radius 2 is 1.73 bits per heavy atom. The molecule has 0 aliphatic carbocycles. The summed E-state index contributed by atoms with van der Waals surface area (Å²) in [7, 11) is 1.57. The number of hydrogen-bond acceptors (Lipinski definition) is 6. The normalized spacial score (nSPS) is 10.9. The minimum Gasteiger partial charge on any atom is -0.495 e. The molecule has 184 valence electrons. The second kappa shape index (κ2) is 10.0. The smallest absolute Gasteiger partial charge is 0.266 e. The molecule has 0 bridgehead atoms. The lowest BCUT2D eigenvalue weighted by Gasteiger charge is -2.11. The number of ether oxygens (including phenoxy) is 2. The fourth-order valence-corrected chi connectivity index (χ4v) is 4.03. The third kappa shape index (κ3) is 4.95. The summed E-state index contributed by atoms with van der Waals surface area (Å²) < 4.78 is 25.9. The first-order valence-corrected chi connectivity index (χ1v) is 11.5. The third-order valence-corrected chi connectivity index (χ3v) is 5.95. The van der Waals surface area contributed by atoms with Crippen LogP contribution in [0.15, 0.2) is 90.1 Å². The largest absolute Gasteiger partial charge is 0.495 e.